The van der Waals surface area contributed by atoms with Crippen molar-refractivity contribution in [1.29, 1.82) is 0 Å². The molecule has 1 saturated heterocycles. The Kier molecular flexibility index (Phi) is 6.48. The molecule has 1 aromatic rings. The Morgan fingerprint density at radius 1 is 1.14 bits per heavy atom. The van der Waals surface area contributed by atoms with Crippen LogP contribution in [-0.2, 0) is 9.53 Å². The number of rotatable bonds is 3. The van der Waals surface area contributed by atoms with Crippen LogP contribution in [0.2, 0.25) is 0 Å². The van der Waals surface area contributed by atoms with Gasteiger partial charge in [0, 0.05) is 22.3 Å². The highest BCUT2D eigenvalue weighted by Crippen LogP contribution is 2.17. The largest absolute Gasteiger partial charge is 0.452 e. The van der Waals surface area contributed by atoms with Crippen molar-refractivity contribution < 1.29 is 14.3 Å². The first-order chi connectivity index (χ1) is 10.6. The van der Waals surface area contributed by atoms with Gasteiger partial charge in [-0.1, -0.05) is 19.3 Å². The van der Waals surface area contributed by atoms with Gasteiger partial charge in [-0.05, 0) is 53.6 Å². The van der Waals surface area contributed by atoms with Crippen molar-refractivity contribution in [1.82, 2.24) is 4.90 Å². The van der Waals surface area contributed by atoms with E-state index in [1.165, 1.54) is 6.42 Å². The van der Waals surface area contributed by atoms with Crippen LogP contribution in [0.1, 0.15) is 42.5 Å². The monoisotopic (exact) mass is 416 g/mol. The molecule has 22 heavy (non-hydrogen) atoms. The number of amides is 1. The standard InChI is InChI=1S/C16H21IN2O3/c17-12-6-7-14(18)13(10-12)16(21)22-11-15(20)19-8-4-2-1-3-5-9-19/h6-7,10H,1-5,8-9,11,18H2. The number of hydrogen-bond acceptors (Lipinski definition) is 4. The molecule has 1 aliphatic rings. The number of nitrogens with two attached hydrogens (primary N) is 1. The molecule has 0 unspecified atom stereocenters. The Morgan fingerprint density at radius 3 is 2.45 bits per heavy atom. The van der Waals surface area contributed by atoms with E-state index in [-0.39, 0.29) is 12.5 Å². The lowest BCUT2D eigenvalue weighted by molar-refractivity contribution is -0.134. The van der Waals surface area contributed by atoms with Gasteiger partial charge in [0.25, 0.3) is 5.91 Å². The van der Waals surface area contributed by atoms with Gasteiger partial charge < -0.3 is 15.4 Å². The van der Waals surface area contributed by atoms with E-state index in [1.807, 2.05) is 6.07 Å². The van der Waals surface area contributed by atoms with Crippen LogP contribution in [0.5, 0.6) is 0 Å². The van der Waals surface area contributed by atoms with Crippen molar-refractivity contribution in [3.05, 3.63) is 27.3 Å². The minimum Gasteiger partial charge on any atom is -0.452 e. The van der Waals surface area contributed by atoms with E-state index in [0.717, 1.165) is 42.3 Å². The zero-order chi connectivity index (χ0) is 15.9. The summed E-state index contributed by atoms with van der Waals surface area (Å²) in [6, 6.07) is 5.15. The van der Waals surface area contributed by atoms with E-state index in [0.29, 0.717) is 11.3 Å². The van der Waals surface area contributed by atoms with Gasteiger partial charge in [0.05, 0.1) is 5.56 Å². The first-order valence-electron chi connectivity index (χ1n) is 7.58. The molecule has 1 aromatic carbocycles. The molecular formula is C16H21IN2O3. The predicted molar refractivity (Wildman–Crippen MR) is 93.5 cm³/mol. The van der Waals surface area contributed by atoms with E-state index in [2.05, 4.69) is 22.6 Å². The van der Waals surface area contributed by atoms with Crippen LogP contribution in [0.25, 0.3) is 0 Å². The van der Waals surface area contributed by atoms with Crippen LogP contribution in [0, 0.1) is 3.57 Å². The number of hydrogen-bond donors (Lipinski definition) is 1. The van der Waals surface area contributed by atoms with E-state index in [9.17, 15) is 9.59 Å². The molecule has 0 saturated carbocycles. The maximum absolute atomic E-state index is 12.2. The number of benzene rings is 1. The molecule has 1 fully saturated rings. The Balaban J connectivity index is 1.89. The quantitative estimate of drug-likeness (QED) is 0.467. The van der Waals surface area contributed by atoms with Gasteiger partial charge in [-0.15, -0.1) is 0 Å². The van der Waals surface area contributed by atoms with E-state index < -0.39 is 5.97 Å². The summed E-state index contributed by atoms with van der Waals surface area (Å²) in [6.07, 6.45) is 5.58. The molecule has 5 nitrogen and oxygen atoms in total. The van der Waals surface area contributed by atoms with Gasteiger partial charge >= 0.3 is 5.97 Å². The Labute approximate surface area is 144 Å². The third-order valence-electron chi connectivity index (χ3n) is 3.77. The van der Waals surface area contributed by atoms with Gasteiger partial charge in [0.2, 0.25) is 0 Å². The lowest BCUT2D eigenvalue weighted by atomic mass is 10.1. The summed E-state index contributed by atoms with van der Waals surface area (Å²) in [7, 11) is 0. The van der Waals surface area contributed by atoms with Crippen molar-refractivity contribution in [2.24, 2.45) is 0 Å². The Morgan fingerprint density at radius 2 is 1.77 bits per heavy atom. The molecule has 0 radical (unpaired) electrons. The first kappa shape index (κ1) is 17.1. The molecule has 120 valence electrons. The van der Waals surface area contributed by atoms with Gasteiger partial charge in [0.1, 0.15) is 0 Å². The van der Waals surface area contributed by atoms with Crippen molar-refractivity contribution in [3.8, 4) is 0 Å². The fourth-order valence-electron chi connectivity index (χ4n) is 2.50. The first-order valence-corrected chi connectivity index (χ1v) is 8.66. The number of nitrogens with zero attached hydrogens (tertiary/aromatic N) is 1. The highest BCUT2D eigenvalue weighted by Gasteiger charge is 2.18. The van der Waals surface area contributed by atoms with Crippen molar-refractivity contribution in [2.75, 3.05) is 25.4 Å². The Bertz CT molecular complexity index is 540. The molecule has 0 aliphatic carbocycles. The van der Waals surface area contributed by atoms with Gasteiger partial charge in [-0.25, -0.2) is 4.79 Å². The average molecular weight is 416 g/mol. The van der Waals surface area contributed by atoms with Crippen molar-refractivity contribution >= 4 is 40.2 Å². The van der Waals surface area contributed by atoms with Gasteiger partial charge in [-0.3, -0.25) is 4.79 Å². The lowest BCUT2D eigenvalue weighted by Crippen LogP contribution is -2.37. The Hall–Kier alpha value is -1.31. The summed E-state index contributed by atoms with van der Waals surface area (Å²) in [5.41, 5.74) is 6.46. The summed E-state index contributed by atoms with van der Waals surface area (Å²) < 4.78 is 6.03. The fourth-order valence-corrected chi connectivity index (χ4v) is 2.99. The second-order valence-corrected chi connectivity index (χ2v) is 6.70. The predicted octanol–water partition coefficient (Wildman–Crippen LogP) is 2.82. The second kappa shape index (κ2) is 8.36. The van der Waals surface area contributed by atoms with Crippen LogP contribution >= 0.6 is 22.6 Å². The maximum Gasteiger partial charge on any atom is 0.340 e. The number of esters is 1. The van der Waals surface area contributed by atoms with Crippen LogP contribution in [0.15, 0.2) is 18.2 Å². The molecule has 2 N–H and O–H groups in total. The summed E-state index contributed by atoms with van der Waals surface area (Å²) in [6.45, 7) is 1.28. The summed E-state index contributed by atoms with van der Waals surface area (Å²) in [5, 5.41) is 0. The molecule has 1 aliphatic heterocycles. The normalized spacial score (nSPS) is 15.8. The highest BCUT2D eigenvalue weighted by molar-refractivity contribution is 14.1. The minimum atomic E-state index is -0.545. The zero-order valence-electron chi connectivity index (χ0n) is 12.5. The number of likely N-dealkylation sites (tertiary alicyclic amines) is 1. The summed E-state index contributed by atoms with van der Waals surface area (Å²) in [4.78, 5) is 26.0. The van der Waals surface area contributed by atoms with E-state index >= 15 is 0 Å². The summed E-state index contributed by atoms with van der Waals surface area (Å²) in [5.74, 6) is -0.671. The van der Waals surface area contributed by atoms with Gasteiger partial charge in [-0.2, -0.15) is 0 Å². The fraction of sp³-hybridized carbons (Fsp3) is 0.500. The summed E-state index contributed by atoms with van der Waals surface area (Å²) >= 11 is 2.10. The molecule has 0 aromatic heterocycles. The molecule has 0 atom stereocenters. The number of halogens is 1. The topological polar surface area (TPSA) is 72.6 Å². The highest BCUT2D eigenvalue weighted by atomic mass is 127. The number of ether oxygens (including phenoxy) is 1. The lowest BCUT2D eigenvalue weighted by Gasteiger charge is -2.24. The molecule has 6 heteroatoms. The minimum absolute atomic E-state index is 0.126. The third-order valence-corrected chi connectivity index (χ3v) is 4.44. The molecule has 2 rings (SSSR count). The van der Waals surface area contributed by atoms with Gasteiger partial charge in [0.15, 0.2) is 6.61 Å². The third kappa shape index (κ3) is 4.86. The molecule has 0 spiro atoms. The van der Waals surface area contributed by atoms with E-state index in [4.69, 9.17) is 10.5 Å². The molecule has 1 heterocycles. The van der Waals surface area contributed by atoms with Crippen LogP contribution < -0.4 is 5.73 Å². The zero-order valence-corrected chi connectivity index (χ0v) is 14.7. The van der Waals surface area contributed by atoms with E-state index in [1.54, 1.807) is 17.0 Å². The molecule has 1 amide bonds. The van der Waals surface area contributed by atoms with Crippen LogP contribution in [0.4, 0.5) is 5.69 Å². The maximum atomic E-state index is 12.2. The van der Waals surface area contributed by atoms with Crippen LogP contribution in [-0.4, -0.2) is 36.5 Å². The smallest absolute Gasteiger partial charge is 0.340 e. The number of nitrogen functional groups attached to an aromatic ring is 1. The SMILES string of the molecule is Nc1ccc(I)cc1C(=O)OCC(=O)N1CCCCCCC1. The average Bonchev–Trinajstić information content (AvgIpc) is 2.46. The number of carbonyl (C=O) groups excluding carboxylic acids is 2. The van der Waals surface area contributed by atoms with Crippen molar-refractivity contribution in [2.45, 2.75) is 32.1 Å². The molecular weight excluding hydrogens is 395 g/mol. The van der Waals surface area contributed by atoms with Crippen LogP contribution in [0.3, 0.4) is 0 Å². The molecule has 0 bridgehead atoms. The number of carbonyl (C=O) groups is 2. The second-order valence-electron chi connectivity index (χ2n) is 5.46. The number of anilines is 1. The van der Waals surface area contributed by atoms with Crippen molar-refractivity contribution in [3.63, 3.8) is 0 Å².